The zero-order valence-corrected chi connectivity index (χ0v) is 21.0. The quantitative estimate of drug-likeness (QED) is 0.144. The first-order chi connectivity index (χ1) is 18.2. The lowest BCUT2D eigenvalue weighted by Crippen LogP contribution is -2.24. The van der Waals surface area contributed by atoms with E-state index in [1.165, 1.54) is 6.07 Å². The number of nitrogens with zero attached hydrogens (tertiary/aromatic N) is 1. The Kier molecular flexibility index (Phi) is 9.85. The second kappa shape index (κ2) is 13.3. The van der Waals surface area contributed by atoms with Crippen LogP contribution in [0.5, 0.6) is 0 Å². The van der Waals surface area contributed by atoms with Gasteiger partial charge in [-0.05, 0) is 60.5 Å². The molecule has 0 bridgehead atoms. The fraction of sp³-hybridized carbons (Fsp3) is 0.200. The Morgan fingerprint density at radius 1 is 0.974 bits per heavy atom. The van der Waals surface area contributed by atoms with E-state index in [2.05, 4.69) is 29.5 Å². The largest absolute Gasteiger partial charge is 0.415 e. The Hall–Kier alpha value is -4.35. The van der Waals surface area contributed by atoms with E-state index in [0.717, 1.165) is 30.5 Å². The van der Waals surface area contributed by atoms with Crippen molar-refractivity contribution in [1.82, 2.24) is 5.32 Å². The predicted octanol–water partition coefficient (Wildman–Crippen LogP) is 7.09. The lowest BCUT2D eigenvalue weighted by atomic mass is 9.98. The molecule has 196 valence electrons. The van der Waals surface area contributed by atoms with Gasteiger partial charge in [0.05, 0.1) is 23.2 Å². The van der Waals surface area contributed by atoms with Crippen LogP contribution in [-0.4, -0.2) is 18.6 Å². The third kappa shape index (κ3) is 8.08. The summed E-state index contributed by atoms with van der Waals surface area (Å²) in [6.07, 6.45) is -2.03. The van der Waals surface area contributed by atoms with Crippen molar-refractivity contribution in [1.29, 1.82) is 5.26 Å². The van der Waals surface area contributed by atoms with E-state index >= 15 is 0 Å². The van der Waals surface area contributed by atoms with Gasteiger partial charge >= 0.3 is 6.18 Å². The molecule has 0 heterocycles. The molecule has 0 aromatic heterocycles. The predicted molar refractivity (Wildman–Crippen MR) is 144 cm³/mol. The first-order valence-electron chi connectivity index (χ1n) is 12.2. The third-order valence-corrected chi connectivity index (χ3v) is 5.69. The van der Waals surface area contributed by atoms with Gasteiger partial charge in [0.15, 0.2) is 0 Å². The summed E-state index contributed by atoms with van der Waals surface area (Å²) in [7, 11) is 0. The average molecular weight is 519 g/mol. The lowest BCUT2D eigenvalue weighted by molar-refractivity contribution is -0.112. The normalized spacial score (nSPS) is 12.3. The van der Waals surface area contributed by atoms with Crippen LogP contribution in [0.15, 0.2) is 103 Å². The zero-order valence-electron chi connectivity index (χ0n) is 21.0. The summed E-state index contributed by atoms with van der Waals surface area (Å²) in [4.78, 5) is 13.2. The number of anilines is 2. The van der Waals surface area contributed by atoms with Crippen molar-refractivity contribution < 1.29 is 18.0 Å². The lowest BCUT2D eigenvalue weighted by Gasteiger charge is -2.21. The van der Waals surface area contributed by atoms with Gasteiger partial charge in [0, 0.05) is 11.4 Å². The number of carbonyl (C=O) groups excluding carboxylic acids is 1. The minimum Gasteiger partial charge on any atom is -0.351 e. The highest BCUT2D eigenvalue weighted by Crippen LogP contribution is 2.28. The summed E-state index contributed by atoms with van der Waals surface area (Å²) >= 11 is 0. The molecular weight excluding hydrogens is 489 g/mol. The molecule has 8 heteroatoms. The SMILES string of the molecule is C=C(/C=C(\Nc1cccc(C#N)c1)C(=O)Nc1cccc(C(NCCCC)c2ccccc2)c1)C(F)(F)F. The average Bonchev–Trinajstić information content (AvgIpc) is 2.91. The fourth-order valence-corrected chi connectivity index (χ4v) is 3.73. The Morgan fingerprint density at radius 3 is 2.29 bits per heavy atom. The van der Waals surface area contributed by atoms with E-state index in [4.69, 9.17) is 5.26 Å². The van der Waals surface area contributed by atoms with Crippen molar-refractivity contribution in [2.45, 2.75) is 32.0 Å². The third-order valence-electron chi connectivity index (χ3n) is 5.69. The molecule has 1 unspecified atom stereocenters. The maximum absolute atomic E-state index is 13.2. The van der Waals surface area contributed by atoms with Crippen LogP contribution in [-0.2, 0) is 4.79 Å². The highest BCUT2D eigenvalue weighted by Gasteiger charge is 2.31. The Bertz CT molecular complexity index is 1330. The van der Waals surface area contributed by atoms with Gasteiger partial charge in [0.25, 0.3) is 5.91 Å². The number of benzene rings is 3. The highest BCUT2D eigenvalue weighted by molar-refractivity contribution is 6.06. The second-order valence-electron chi connectivity index (χ2n) is 8.63. The Balaban J connectivity index is 1.89. The van der Waals surface area contributed by atoms with Crippen molar-refractivity contribution in [3.8, 4) is 6.07 Å². The van der Waals surface area contributed by atoms with E-state index in [1.54, 1.807) is 36.4 Å². The molecule has 38 heavy (non-hydrogen) atoms. The van der Waals surface area contributed by atoms with Crippen molar-refractivity contribution in [3.05, 3.63) is 119 Å². The van der Waals surface area contributed by atoms with Crippen LogP contribution in [0.25, 0.3) is 0 Å². The molecule has 0 radical (unpaired) electrons. The summed E-state index contributed by atoms with van der Waals surface area (Å²) in [5.74, 6) is -0.787. The van der Waals surface area contributed by atoms with Crippen LogP contribution in [0.1, 0.15) is 42.5 Å². The van der Waals surface area contributed by atoms with Crippen LogP contribution in [0.4, 0.5) is 24.5 Å². The van der Waals surface area contributed by atoms with Crippen LogP contribution in [0, 0.1) is 11.3 Å². The van der Waals surface area contributed by atoms with Gasteiger partial charge in [0.1, 0.15) is 5.70 Å². The summed E-state index contributed by atoms with van der Waals surface area (Å²) < 4.78 is 39.7. The number of amides is 1. The minimum atomic E-state index is -4.71. The first-order valence-corrected chi connectivity index (χ1v) is 12.2. The summed E-state index contributed by atoms with van der Waals surface area (Å²) in [5.41, 5.74) is 1.39. The highest BCUT2D eigenvalue weighted by atomic mass is 19.4. The van der Waals surface area contributed by atoms with Crippen molar-refractivity contribution in [2.24, 2.45) is 0 Å². The maximum Gasteiger partial charge on any atom is 0.415 e. The van der Waals surface area contributed by atoms with Gasteiger partial charge in [-0.2, -0.15) is 18.4 Å². The molecule has 0 saturated heterocycles. The topological polar surface area (TPSA) is 77.0 Å². The molecule has 0 aliphatic rings. The molecule has 1 atom stereocenters. The van der Waals surface area contributed by atoms with Gasteiger partial charge in [-0.15, -0.1) is 0 Å². The minimum absolute atomic E-state index is 0.133. The molecule has 3 rings (SSSR count). The number of carbonyl (C=O) groups is 1. The van der Waals surface area contributed by atoms with Gasteiger partial charge in [-0.1, -0.05) is 68.5 Å². The summed E-state index contributed by atoms with van der Waals surface area (Å²) in [6, 6.07) is 25.0. The molecule has 3 aromatic rings. The summed E-state index contributed by atoms with van der Waals surface area (Å²) in [5, 5.41) is 18.1. The number of halogens is 3. The van der Waals surface area contributed by atoms with Gasteiger partial charge in [0.2, 0.25) is 0 Å². The maximum atomic E-state index is 13.2. The molecular formula is C30H29F3N4O. The van der Waals surface area contributed by atoms with Gasteiger partial charge < -0.3 is 16.0 Å². The van der Waals surface area contributed by atoms with E-state index in [0.29, 0.717) is 23.0 Å². The Morgan fingerprint density at radius 2 is 1.63 bits per heavy atom. The standard InChI is InChI=1S/C30H29F3N4O/c1-3-4-16-35-28(23-11-6-5-7-12-23)24-13-9-15-26(19-24)37-29(38)27(17-21(2)30(31,32)33)36-25-14-8-10-22(18-25)20-34/h5-15,17-19,28,35-36H,2-4,16H2,1H3,(H,37,38)/b27-17-. The number of nitrogens with one attached hydrogen (secondary N) is 3. The van der Waals surface area contributed by atoms with E-state index in [1.807, 2.05) is 42.5 Å². The van der Waals surface area contributed by atoms with E-state index in [-0.39, 0.29) is 11.7 Å². The van der Waals surface area contributed by atoms with E-state index in [9.17, 15) is 18.0 Å². The fourth-order valence-electron chi connectivity index (χ4n) is 3.73. The van der Waals surface area contributed by atoms with Crippen LogP contribution in [0.2, 0.25) is 0 Å². The number of alkyl halides is 3. The van der Waals surface area contributed by atoms with Crippen LogP contribution in [0.3, 0.4) is 0 Å². The van der Waals surface area contributed by atoms with Gasteiger partial charge in [-0.25, -0.2) is 0 Å². The van der Waals surface area contributed by atoms with Crippen molar-refractivity contribution >= 4 is 17.3 Å². The molecule has 1 amide bonds. The van der Waals surface area contributed by atoms with E-state index < -0.39 is 17.7 Å². The number of unbranched alkanes of at least 4 members (excludes halogenated alkanes) is 1. The molecule has 0 spiro atoms. The second-order valence-corrected chi connectivity index (χ2v) is 8.63. The van der Waals surface area contributed by atoms with Gasteiger partial charge in [-0.3, -0.25) is 4.79 Å². The first kappa shape index (κ1) is 28.2. The Labute approximate surface area is 220 Å². The van der Waals surface area contributed by atoms with Crippen LogP contribution < -0.4 is 16.0 Å². The molecule has 5 nitrogen and oxygen atoms in total. The molecule has 0 fully saturated rings. The molecule has 0 saturated carbocycles. The van der Waals surface area contributed by atoms with Crippen molar-refractivity contribution in [2.75, 3.05) is 17.2 Å². The van der Waals surface area contributed by atoms with Crippen molar-refractivity contribution in [3.63, 3.8) is 0 Å². The number of nitriles is 1. The summed E-state index contributed by atoms with van der Waals surface area (Å²) in [6.45, 7) is 5.96. The molecule has 0 aliphatic carbocycles. The monoisotopic (exact) mass is 518 g/mol. The molecule has 3 aromatic carbocycles. The number of hydrogen-bond donors (Lipinski definition) is 3. The molecule has 0 aliphatic heterocycles. The smallest absolute Gasteiger partial charge is 0.351 e. The number of allylic oxidation sites excluding steroid dienone is 2. The zero-order chi connectivity index (χ0) is 27.5. The van der Waals surface area contributed by atoms with Crippen LogP contribution >= 0.6 is 0 Å². The number of rotatable bonds is 11. The number of hydrogen-bond acceptors (Lipinski definition) is 4. The molecule has 3 N–H and O–H groups in total.